The molecule has 0 saturated heterocycles. The van der Waals surface area contributed by atoms with Gasteiger partial charge in [0.1, 0.15) is 0 Å². The molecule has 1 aromatic rings. The number of esters is 1. The number of carbonyl (C=O) groups excluding carboxylic acids is 2. The lowest BCUT2D eigenvalue weighted by Gasteiger charge is -2.16. The molecule has 1 rings (SSSR count). The lowest BCUT2D eigenvalue weighted by Crippen LogP contribution is -2.26. The highest BCUT2D eigenvalue weighted by Crippen LogP contribution is 2.22. The number of primary sulfonamides is 1. The largest absolute Gasteiger partial charge is 0.454 e. The third-order valence-electron chi connectivity index (χ3n) is 2.66. The lowest BCUT2D eigenvalue weighted by molar-refractivity contribution is -0.129. The Morgan fingerprint density at radius 2 is 1.86 bits per heavy atom. The number of nitrogens with two attached hydrogens (primary N) is 1. The first-order valence-electron chi connectivity index (χ1n) is 5.95. The van der Waals surface area contributed by atoms with Crippen molar-refractivity contribution < 1.29 is 22.7 Å². The number of ether oxygens (including phenoxy) is 1. The molecule has 6 nitrogen and oxygen atoms in total. The summed E-state index contributed by atoms with van der Waals surface area (Å²) in [5, 5.41) is 5.01. The van der Waals surface area contributed by atoms with Gasteiger partial charge in [0.25, 0.3) is 0 Å². The molecule has 0 aliphatic rings. The van der Waals surface area contributed by atoms with Crippen LogP contribution in [0, 0.1) is 5.41 Å². The number of ketones is 1. The van der Waals surface area contributed by atoms with Crippen LogP contribution in [0.25, 0.3) is 0 Å². The minimum Gasteiger partial charge on any atom is -0.454 e. The van der Waals surface area contributed by atoms with Gasteiger partial charge in [-0.25, -0.2) is 18.4 Å². The van der Waals surface area contributed by atoms with Gasteiger partial charge in [-0.15, -0.1) is 0 Å². The minimum absolute atomic E-state index is 0.0109. The average Bonchev–Trinajstić information content (AvgIpc) is 2.33. The Kier molecular flexibility index (Phi) is 5.30. The second kappa shape index (κ2) is 6.25. The zero-order valence-electron chi connectivity index (χ0n) is 11.8. The maximum atomic E-state index is 11.9. The average molecular weight is 378 g/mol. The van der Waals surface area contributed by atoms with E-state index in [-0.39, 0.29) is 22.8 Å². The molecule has 0 bridgehead atoms. The van der Waals surface area contributed by atoms with E-state index in [0.717, 1.165) is 6.07 Å². The fourth-order valence-electron chi connectivity index (χ4n) is 1.26. The molecule has 116 valence electrons. The van der Waals surface area contributed by atoms with Crippen molar-refractivity contribution in [2.45, 2.75) is 25.7 Å². The summed E-state index contributed by atoms with van der Waals surface area (Å²) in [5.74, 6) is -1.04. The number of benzene rings is 1. The molecule has 0 atom stereocenters. The molecular weight excluding hydrogens is 362 g/mol. The minimum atomic E-state index is -3.93. The van der Waals surface area contributed by atoms with Crippen LogP contribution in [-0.2, 0) is 19.6 Å². The van der Waals surface area contributed by atoms with Crippen LogP contribution in [0.4, 0.5) is 0 Å². The number of sulfonamides is 1. The van der Waals surface area contributed by atoms with Crippen LogP contribution in [-0.4, -0.2) is 26.8 Å². The molecule has 0 spiro atoms. The molecule has 8 heteroatoms. The number of halogens is 1. The molecule has 0 saturated carbocycles. The van der Waals surface area contributed by atoms with Gasteiger partial charge < -0.3 is 4.74 Å². The zero-order chi connectivity index (χ0) is 16.4. The van der Waals surface area contributed by atoms with E-state index < -0.39 is 21.4 Å². The number of rotatable bonds is 4. The summed E-state index contributed by atoms with van der Waals surface area (Å²) in [6, 6.07) is 3.74. The zero-order valence-corrected chi connectivity index (χ0v) is 14.2. The Morgan fingerprint density at radius 1 is 1.29 bits per heavy atom. The highest BCUT2D eigenvalue weighted by atomic mass is 79.9. The van der Waals surface area contributed by atoms with Crippen molar-refractivity contribution in [3.05, 3.63) is 28.2 Å². The van der Waals surface area contributed by atoms with Crippen molar-refractivity contribution in [2.24, 2.45) is 10.6 Å². The highest BCUT2D eigenvalue weighted by Gasteiger charge is 2.24. The van der Waals surface area contributed by atoms with Gasteiger partial charge in [-0.2, -0.15) is 0 Å². The number of hydrogen-bond donors (Lipinski definition) is 1. The maximum absolute atomic E-state index is 11.9. The summed E-state index contributed by atoms with van der Waals surface area (Å²) >= 11 is 3.12. The van der Waals surface area contributed by atoms with Crippen LogP contribution in [0.3, 0.4) is 0 Å². The van der Waals surface area contributed by atoms with Crippen molar-refractivity contribution in [1.82, 2.24) is 0 Å². The smallest absolute Gasteiger partial charge is 0.339 e. The quantitative estimate of drug-likeness (QED) is 0.806. The van der Waals surface area contributed by atoms with Crippen LogP contribution in [0.15, 0.2) is 27.6 Å². The van der Waals surface area contributed by atoms with Crippen LogP contribution < -0.4 is 5.14 Å². The Balaban J connectivity index is 2.96. The first-order valence-corrected chi connectivity index (χ1v) is 8.29. The molecule has 0 aliphatic carbocycles. The monoisotopic (exact) mass is 377 g/mol. The second-order valence-corrected chi connectivity index (χ2v) is 7.85. The van der Waals surface area contributed by atoms with Crippen molar-refractivity contribution in [3.63, 3.8) is 0 Å². The first-order chi connectivity index (χ1) is 9.43. The van der Waals surface area contributed by atoms with Crippen LogP contribution in [0.5, 0.6) is 0 Å². The van der Waals surface area contributed by atoms with E-state index in [9.17, 15) is 18.0 Å². The summed E-state index contributed by atoms with van der Waals surface area (Å²) in [6.07, 6.45) is 0. The summed E-state index contributed by atoms with van der Waals surface area (Å²) in [5.41, 5.74) is -0.636. The Morgan fingerprint density at radius 3 is 2.33 bits per heavy atom. The molecule has 0 aliphatic heterocycles. The molecular formula is C13H16BrNO5S. The van der Waals surface area contributed by atoms with Gasteiger partial charge in [0.05, 0.1) is 10.5 Å². The van der Waals surface area contributed by atoms with Crippen molar-refractivity contribution in [2.75, 3.05) is 6.61 Å². The van der Waals surface area contributed by atoms with Gasteiger partial charge in [0, 0.05) is 9.89 Å². The van der Waals surface area contributed by atoms with E-state index in [0.29, 0.717) is 4.47 Å². The van der Waals surface area contributed by atoms with Gasteiger partial charge in [-0.1, -0.05) is 20.8 Å². The number of carbonyl (C=O) groups is 2. The second-order valence-electron chi connectivity index (χ2n) is 5.44. The Hall–Kier alpha value is -1.25. The van der Waals surface area contributed by atoms with E-state index in [4.69, 9.17) is 9.88 Å². The van der Waals surface area contributed by atoms with Crippen LogP contribution >= 0.6 is 15.9 Å². The molecule has 0 radical (unpaired) electrons. The standard InChI is InChI=1S/C13H16BrNO5S/c1-13(2,3)11(16)7-20-12(17)9-6-8(21(15,18)19)4-5-10(9)14/h4-6H,7H2,1-3H3,(H2,15,18,19). The third kappa shape index (κ3) is 4.90. The number of hydrogen-bond acceptors (Lipinski definition) is 5. The third-order valence-corrected chi connectivity index (χ3v) is 4.26. The normalized spacial score (nSPS) is 12.0. The summed E-state index contributed by atoms with van der Waals surface area (Å²) < 4.78 is 27.8. The molecule has 21 heavy (non-hydrogen) atoms. The van der Waals surface area contributed by atoms with E-state index in [1.54, 1.807) is 20.8 Å². The maximum Gasteiger partial charge on any atom is 0.339 e. The van der Waals surface area contributed by atoms with Crippen molar-refractivity contribution >= 4 is 37.7 Å². The van der Waals surface area contributed by atoms with E-state index in [2.05, 4.69) is 15.9 Å². The van der Waals surface area contributed by atoms with Crippen LogP contribution in [0.1, 0.15) is 31.1 Å². The van der Waals surface area contributed by atoms with E-state index in [1.807, 2.05) is 0 Å². The van der Waals surface area contributed by atoms with Gasteiger partial charge >= 0.3 is 5.97 Å². The molecule has 0 unspecified atom stereocenters. The Bertz CT molecular complexity index is 676. The predicted octanol–water partition coefficient (Wildman–Crippen LogP) is 1.87. The summed E-state index contributed by atoms with van der Waals surface area (Å²) in [4.78, 5) is 23.4. The van der Waals surface area contributed by atoms with Gasteiger partial charge in [0.2, 0.25) is 10.0 Å². The fourth-order valence-corrected chi connectivity index (χ4v) is 2.21. The van der Waals surface area contributed by atoms with Crippen molar-refractivity contribution in [1.29, 1.82) is 0 Å². The lowest BCUT2D eigenvalue weighted by atomic mass is 9.91. The molecule has 0 amide bonds. The molecule has 0 aromatic heterocycles. The van der Waals surface area contributed by atoms with Gasteiger partial charge in [-0.05, 0) is 34.1 Å². The van der Waals surface area contributed by atoms with Crippen LogP contribution in [0.2, 0.25) is 0 Å². The summed E-state index contributed by atoms with van der Waals surface area (Å²) in [6.45, 7) is 4.75. The van der Waals surface area contributed by atoms with E-state index in [1.165, 1.54) is 12.1 Å². The summed E-state index contributed by atoms with van der Waals surface area (Å²) in [7, 11) is -3.93. The molecule has 0 heterocycles. The fraction of sp³-hybridized carbons (Fsp3) is 0.385. The first kappa shape index (κ1) is 17.8. The SMILES string of the molecule is CC(C)(C)C(=O)COC(=O)c1cc(S(N)(=O)=O)ccc1Br. The van der Waals surface area contributed by atoms with Crippen molar-refractivity contribution in [3.8, 4) is 0 Å². The molecule has 2 N–H and O–H groups in total. The highest BCUT2D eigenvalue weighted by molar-refractivity contribution is 9.10. The van der Waals surface area contributed by atoms with Gasteiger partial charge in [-0.3, -0.25) is 4.79 Å². The number of Topliss-reactive ketones (excluding diaryl/α,β-unsaturated/α-hetero) is 1. The van der Waals surface area contributed by atoms with Gasteiger partial charge in [0.15, 0.2) is 12.4 Å². The predicted molar refractivity (Wildman–Crippen MR) is 80.3 cm³/mol. The van der Waals surface area contributed by atoms with E-state index >= 15 is 0 Å². The topological polar surface area (TPSA) is 104 Å². The molecule has 1 aromatic carbocycles. The Labute approximate surface area is 131 Å². The molecule has 0 fully saturated rings.